The summed E-state index contributed by atoms with van der Waals surface area (Å²) in [6.45, 7) is 0. The Hall–Kier alpha value is -1.63. The van der Waals surface area contributed by atoms with Crippen molar-refractivity contribution in [2.45, 2.75) is 0 Å². The highest BCUT2D eigenvalue weighted by atomic mass is 79.9. The molecule has 0 unspecified atom stereocenters. The Kier molecular flexibility index (Phi) is 2.78. The molecule has 16 heavy (non-hydrogen) atoms. The maximum absolute atomic E-state index is 11.1. The van der Waals surface area contributed by atoms with Crippen LogP contribution in [0.1, 0.15) is 0 Å². The molecule has 2 aromatic rings. The molecule has 2 heterocycles. The molecule has 0 atom stereocenters. The molecule has 0 radical (unpaired) electrons. The third kappa shape index (κ3) is 1.85. The molecule has 0 amide bonds. The van der Waals surface area contributed by atoms with Gasteiger partial charge < -0.3 is 9.15 Å². The largest absolute Gasteiger partial charge is 0.480 e. The summed E-state index contributed by atoms with van der Waals surface area (Å²) in [4.78, 5) is 15.1. The van der Waals surface area contributed by atoms with Crippen LogP contribution < -0.4 is 10.5 Å². The van der Waals surface area contributed by atoms with Gasteiger partial charge in [0.05, 0.1) is 17.1 Å². The van der Waals surface area contributed by atoms with E-state index in [1.807, 2.05) is 0 Å². The summed E-state index contributed by atoms with van der Waals surface area (Å²) >= 11 is 3.29. The molecule has 0 aliphatic carbocycles. The first-order chi connectivity index (χ1) is 7.61. The van der Waals surface area contributed by atoms with Crippen molar-refractivity contribution < 1.29 is 9.15 Å². The van der Waals surface area contributed by atoms with Crippen LogP contribution in [0, 0.1) is 0 Å². The van der Waals surface area contributed by atoms with Gasteiger partial charge in [-0.15, -0.1) is 5.10 Å². The lowest BCUT2D eigenvalue weighted by molar-refractivity contribution is 0.395. The number of methoxy groups -OCH3 is 1. The van der Waals surface area contributed by atoms with Crippen LogP contribution in [0.3, 0.4) is 0 Å². The minimum absolute atomic E-state index is 0.225. The first-order valence-electron chi connectivity index (χ1n) is 4.36. The molecule has 2 rings (SSSR count). The zero-order chi connectivity index (χ0) is 11.7. The van der Waals surface area contributed by atoms with E-state index in [0.29, 0.717) is 15.9 Å². The second-order valence-corrected chi connectivity index (χ2v) is 3.87. The highest BCUT2D eigenvalue weighted by Crippen LogP contribution is 2.26. The number of hydrogen-bond acceptors (Lipinski definition) is 5. The van der Waals surface area contributed by atoms with Crippen LogP contribution in [0.25, 0.3) is 11.5 Å². The number of aromatic nitrogens is 3. The van der Waals surface area contributed by atoms with E-state index in [1.165, 1.54) is 20.4 Å². The van der Waals surface area contributed by atoms with Gasteiger partial charge in [-0.1, -0.05) is 0 Å². The molecule has 0 bridgehead atoms. The van der Waals surface area contributed by atoms with Crippen molar-refractivity contribution in [1.82, 2.24) is 14.8 Å². The third-order valence-corrected chi connectivity index (χ3v) is 2.50. The van der Waals surface area contributed by atoms with Crippen molar-refractivity contribution in [3.63, 3.8) is 0 Å². The second kappa shape index (κ2) is 4.09. The number of aryl methyl sites for hydroxylation is 1. The maximum Gasteiger partial charge on any atom is 0.437 e. The van der Waals surface area contributed by atoms with E-state index < -0.39 is 5.76 Å². The Morgan fingerprint density at radius 3 is 2.81 bits per heavy atom. The average Bonchev–Trinajstić information content (AvgIpc) is 2.59. The monoisotopic (exact) mass is 285 g/mol. The van der Waals surface area contributed by atoms with Crippen LogP contribution >= 0.6 is 15.9 Å². The number of hydrogen-bond donors (Lipinski definition) is 0. The third-order valence-electron chi connectivity index (χ3n) is 1.94. The van der Waals surface area contributed by atoms with Crippen LogP contribution in [0.2, 0.25) is 0 Å². The van der Waals surface area contributed by atoms with Gasteiger partial charge in [-0.2, -0.15) is 4.68 Å². The normalized spacial score (nSPS) is 10.4. The van der Waals surface area contributed by atoms with Crippen LogP contribution in [-0.2, 0) is 7.05 Å². The van der Waals surface area contributed by atoms with Gasteiger partial charge in [0.2, 0.25) is 5.88 Å². The predicted molar refractivity (Wildman–Crippen MR) is 59.2 cm³/mol. The molecular formula is C9H8BrN3O3. The summed E-state index contributed by atoms with van der Waals surface area (Å²) in [6.07, 6.45) is 1.52. The standard InChI is InChI=1S/C9H8BrN3O3/c1-13-9(14)16-7(12-13)5-3-6(10)8(15-2)11-4-5/h3-4H,1-2H3. The van der Waals surface area contributed by atoms with Gasteiger partial charge in [0.1, 0.15) is 0 Å². The fourth-order valence-electron chi connectivity index (χ4n) is 1.16. The molecule has 84 valence electrons. The molecule has 0 saturated heterocycles. The van der Waals surface area contributed by atoms with Gasteiger partial charge >= 0.3 is 5.76 Å². The molecule has 6 nitrogen and oxygen atoms in total. The van der Waals surface area contributed by atoms with Gasteiger partial charge in [0, 0.05) is 13.2 Å². The first-order valence-corrected chi connectivity index (χ1v) is 5.15. The van der Waals surface area contributed by atoms with E-state index in [0.717, 1.165) is 4.68 Å². The summed E-state index contributed by atoms with van der Waals surface area (Å²) in [5.74, 6) is 0.173. The fourth-order valence-corrected chi connectivity index (χ4v) is 1.67. The minimum Gasteiger partial charge on any atom is -0.480 e. The lowest BCUT2D eigenvalue weighted by Gasteiger charge is -2.01. The predicted octanol–water partition coefficient (Wildman–Crippen LogP) is 1.21. The quantitative estimate of drug-likeness (QED) is 0.829. The van der Waals surface area contributed by atoms with E-state index in [2.05, 4.69) is 26.0 Å². The fraction of sp³-hybridized carbons (Fsp3) is 0.222. The maximum atomic E-state index is 11.1. The highest BCUT2D eigenvalue weighted by molar-refractivity contribution is 9.10. The number of ether oxygens (including phenoxy) is 1. The average molecular weight is 286 g/mol. The van der Waals surface area contributed by atoms with Crippen molar-refractivity contribution in [2.24, 2.45) is 7.05 Å². The SMILES string of the molecule is COc1ncc(-c2nn(C)c(=O)o2)cc1Br. The lowest BCUT2D eigenvalue weighted by Crippen LogP contribution is -2.09. The Bertz CT molecular complexity index is 576. The minimum atomic E-state index is -0.512. The molecule has 7 heteroatoms. The number of halogens is 1. The van der Waals surface area contributed by atoms with Gasteiger partial charge in [0.25, 0.3) is 5.89 Å². The van der Waals surface area contributed by atoms with E-state index in [4.69, 9.17) is 9.15 Å². The Morgan fingerprint density at radius 1 is 1.56 bits per heavy atom. The van der Waals surface area contributed by atoms with E-state index in [-0.39, 0.29) is 5.89 Å². The summed E-state index contributed by atoms with van der Waals surface area (Å²) in [5.41, 5.74) is 0.602. The smallest absolute Gasteiger partial charge is 0.437 e. The zero-order valence-electron chi connectivity index (χ0n) is 8.60. The summed E-state index contributed by atoms with van der Waals surface area (Å²) in [6, 6.07) is 1.72. The van der Waals surface area contributed by atoms with Crippen LogP contribution in [0.15, 0.2) is 25.9 Å². The molecule has 0 aliphatic rings. The topological polar surface area (TPSA) is 70.2 Å². The van der Waals surface area contributed by atoms with Gasteiger partial charge in [-0.05, 0) is 22.0 Å². The van der Waals surface area contributed by atoms with Crippen molar-refractivity contribution in [3.05, 3.63) is 27.3 Å². The zero-order valence-corrected chi connectivity index (χ0v) is 10.2. The van der Waals surface area contributed by atoms with Crippen LogP contribution in [-0.4, -0.2) is 21.9 Å². The van der Waals surface area contributed by atoms with Gasteiger partial charge in [-0.3, -0.25) is 0 Å². The summed E-state index contributed by atoms with van der Waals surface area (Å²) < 4.78 is 11.7. The van der Waals surface area contributed by atoms with Crippen molar-refractivity contribution in [1.29, 1.82) is 0 Å². The molecular weight excluding hydrogens is 278 g/mol. The number of nitrogens with zero attached hydrogens (tertiary/aromatic N) is 3. The molecule has 0 saturated carbocycles. The van der Waals surface area contributed by atoms with Crippen LogP contribution in [0.4, 0.5) is 0 Å². The molecule has 0 aromatic carbocycles. The van der Waals surface area contributed by atoms with Crippen LogP contribution in [0.5, 0.6) is 5.88 Å². The molecule has 0 spiro atoms. The highest BCUT2D eigenvalue weighted by Gasteiger charge is 2.11. The molecule has 0 aliphatic heterocycles. The van der Waals surface area contributed by atoms with Crippen molar-refractivity contribution >= 4 is 15.9 Å². The Labute approximate surface area is 99.0 Å². The number of pyridine rings is 1. The molecule has 2 aromatic heterocycles. The van der Waals surface area contributed by atoms with Crippen molar-refractivity contribution in [3.8, 4) is 17.3 Å². The lowest BCUT2D eigenvalue weighted by atomic mass is 10.3. The van der Waals surface area contributed by atoms with E-state index in [9.17, 15) is 4.79 Å². The number of rotatable bonds is 2. The van der Waals surface area contributed by atoms with E-state index in [1.54, 1.807) is 6.07 Å². The second-order valence-electron chi connectivity index (χ2n) is 3.01. The molecule has 0 N–H and O–H groups in total. The van der Waals surface area contributed by atoms with Gasteiger partial charge in [-0.25, -0.2) is 9.78 Å². The summed E-state index contributed by atoms with van der Waals surface area (Å²) in [7, 11) is 3.04. The molecule has 0 fully saturated rings. The van der Waals surface area contributed by atoms with E-state index >= 15 is 0 Å². The first kappa shape index (κ1) is 10.9. The van der Waals surface area contributed by atoms with Crippen molar-refractivity contribution in [2.75, 3.05) is 7.11 Å². The van der Waals surface area contributed by atoms with Gasteiger partial charge in [0.15, 0.2) is 0 Å². The summed E-state index contributed by atoms with van der Waals surface area (Å²) in [5, 5.41) is 3.91. The Morgan fingerprint density at radius 2 is 2.31 bits per heavy atom. The Balaban J connectivity index is 2.49.